The van der Waals surface area contributed by atoms with Crippen LogP contribution in [0.1, 0.15) is 0 Å². The van der Waals surface area contributed by atoms with Crippen LogP contribution in [0.15, 0.2) is 83.5 Å². The monoisotopic (exact) mass is 476 g/mol. The van der Waals surface area contributed by atoms with Crippen molar-refractivity contribution in [3.05, 3.63) is 83.5 Å². The Bertz CT molecular complexity index is 749. The van der Waals surface area contributed by atoms with Crippen LogP contribution in [0, 0.1) is 0 Å². The summed E-state index contributed by atoms with van der Waals surface area (Å²) in [6, 6.07) is 20.6. The van der Waals surface area contributed by atoms with Crippen LogP contribution in [0.4, 0.5) is 0 Å². The van der Waals surface area contributed by atoms with Gasteiger partial charge in [0.05, 0.1) is 6.23 Å². The second-order valence-electron chi connectivity index (χ2n) is 6.86. The molecule has 0 fully saturated rings. The molecule has 2 aromatic carbocycles. The lowest BCUT2D eigenvalue weighted by atomic mass is 10.4. The Morgan fingerprint density at radius 1 is 0.613 bits per heavy atom. The molecule has 0 spiro atoms. The van der Waals surface area contributed by atoms with Crippen molar-refractivity contribution < 1.29 is 27.2 Å². The van der Waals surface area contributed by atoms with Gasteiger partial charge in [-0.15, -0.1) is 0 Å². The summed E-state index contributed by atoms with van der Waals surface area (Å²) >= 11 is 0. The lowest BCUT2D eigenvalue weighted by Gasteiger charge is -2.30. The minimum atomic E-state index is -2.97. The van der Waals surface area contributed by atoms with E-state index in [1.54, 1.807) is 35.5 Å². The predicted octanol–water partition coefficient (Wildman–Crippen LogP) is 1.66. The molecule has 31 heavy (non-hydrogen) atoms. The average Bonchev–Trinajstić information content (AvgIpc) is 2.86. The van der Waals surface area contributed by atoms with Crippen molar-refractivity contribution in [2.24, 2.45) is 0 Å². The SMILES string of the molecule is CO[Si](C=C[Si](C=C[Si](OC)(OC)OC)(c1ccccc1)c1ccccc1)(CO)OC. The standard InChI is InChI=1S/C22H32O6Si3/c1-24-30(20-23,25-2)18-16-29(21-12-8-6-9-13-21,22-14-10-7-11-15-22)17-19-31(26-3,27-4)28-5/h6-19,23H,20H2,1-5H3. The van der Waals surface area contributed by atoms with Crippen molar-refractivity contribution >= 4 is 35.8 Å². The lowest BCUT2D eigenvalue weighted by Crippen LogP contribution is -2.57. The molecule has 0 aliphatic carbocycles. The van der Waals surface area contributed by atoms with Crippen molar-refractivity contribution in [3.63, 3.8) is 0 Å². The van der Waals surface area contributed by atoms with Crippen molar-refractivity contribution in [2.45, 2.75) is 0 Å². The van der Waals surface area contributed by atoms with E-state index < -0.39 is 25.4 Å². The molecule has 0 radical (unpaired) electrons. The van der Waals surface area contributed by atoms with E-state index in [2.05, 4.69) is 35.7 Å². The van der Waals surface area contributed by atoms with E-state index in [9.17, 15) is 5.11 Å². The molecule has 0 aromatic heterocycles. The first-order chi connectivity index (χ1) is 15.0. The quantitative estimate of drug-likeness (QED) is 0.470. The highest BCUT2D eigenvalue weighted by atomic mass is 28.4. The van der Waals surface area contributed by atoms with Gasteiger partial charge < -0.3 is 27.2 Å². The minimum Gasteiger partial charge on any atom is -0.394 e. The molecular formula is C22H32O6Si3. The van der Waals surface area contributed by atoms with Gasteiger partial charge in [0.25, 0.3) is 0 Å². The number of aliphatic hydroxyl groups is 1. The highest BCUT2D eigenvalue weighted by Crippen LogP contribution is 2.17. The number of hydrogen-bond donors (Lipinski definition) is 1. The summed E-state index contributed by atoms with van der Waals surface area (Å²) in [5.74, 6) is 0. The first-order valence-electron chi connectivity index (χ1n) is 9.87. The zero-order valence-electron chi connectivity index (χ0n) is 18.8. The molecule has 0 aliphatic rings. The summed E-state index contributed by atoms with van der Waals surface area (Å²) in [7, 11) is -0.632. The molecule has 0 atom stereocenters. The second-order valence-corrected chi connectivity index (χ2v) is 16.3. The fraction of sp³-hybridized carbons (Fsp3) is 0.273. The zero-order chi connectivity index (χ0) is 22.8. The Morgan fingerprint density at radius 2 is 1.03 bits per heavy atom. The maximum atomic E-state index is 9.99. The molecule has 0 amide bonds. The Hall–Kier alpha value is -1.67. The maximum Gasteiger partial charge on any atom is 0.528 e. The molecule has 6 nitrogen and oxygen atoms in total. The number of aliphatic hydroxyl groups excluding tert-OH is 1. The molecule has 2 aromatic rings. The van der Waals surface area contributed by atoms with Gasteiger partial charge in [-0.1, -0.05) is 72.1 Å². The summed E-state index contributed by atoms with van der Waals surface area (Å²) in [4.78, 5) is 0. The Morgan fingerprint density at radius 3 is 1.39 bits per heavy atom. The average molecular weight is 477 g/mol. The van der Waals surface area contributed by atoms with E-state index in [0.29, 0.717) is 0 Å². The third kappa shape index (κ3) is 5.77. The zero-order valence-corrected chi connectivity index (χ0v) is 21.8. The molecule has 0 unspecified atom stereocenters. The van der Waals surface area contributed by atoms with E-state index in [-0.39, 0.29) is 6.23 Å². The van der Waals surface area contributed by atoms with Crippen LogP contribution in [-0.4, -0.2) is 72.3 Å². The van der Waals surface area contributed by atoms with Gasteiger partial charge in [0, 0.05) is 35.5 Å². The fourth-order valence-corrected chi connectivity index (χ4v) is 11.7. The van der Waals surface area contributed by atoms with Gasteiger partial charge in [-0.25, -0.2) is 0 Å². The van der Waals surface area contributed by atoms with E-state index in [1.807, 2.05) is 47.8 Å². The van der Waals surface area contributed by atoms with Gasteiger partial charge in [0.15, 0.2) is 8.07 Å². The van der Waals surface area contributed by atoms with Crippen molar-refractivity contribution in [2.75, 3.05) is 41.8 Å². The number of hydrogen-bond acceptors (Lipinski definition) is 6. The van der Waals surface area contributed by atoms with Crippen LogP contribution >= 0.6 is 0 Å². The largest absolute Gasteiger partial charge is 0.528 e. The summed E-state index contributed by atoms with van der Waals surface area (Å²) in [5, 5.41) is 12.3. The Balaban J connectivity index is 2.80. The van der Waals surface area contributed by atoms with E-state index in [1.165, 1.54) is 0 Å². The molecule has 0 aliphatic heterocycles. The maximum absolute atomic E-state index is 9.99. The van der Waals surface area contributed by atoms with Crippen molar-refractivity contribution in [1.82, 2.24) is 0 Å². The van der Waals surface area contributed by atoms with E-state index >= 15 is 0 Å². The lowest BCUT2D eigenvalue weighted by molar-refractivity contribution is 0.138. The van der Waals surface area contributed by atoms with Crippen LogP contribution in [0.3, 0.4) is 0 Å². The van der Waals surface area contributed by atoms with Gasteiger partial charge in [-0.3, -0.25) is 0 Å². The molecule has 0 heterocycles. The highest BCUT2D eigenvalue weighted by molar-refractivity contribution is 7.10. The van der Waals surface area contributed by atoms with Crippen LogP contribution in [0.2, 0.25) is 0 Å². The molecule has 0 bridgehead atoms. The predicted molar refractivity (Wildman–Crippen MR) is 130 cm³/mol. The van der Waals surface area contributed by atoms with E-state index in [0.717, 1.165) is 10.4 Å². The minimum absolute atomic E-state index is 0.179. The molecule has 1 N–H and O–H groups in total. The summed E-state index contributed by atoms with van der Waals surface area (Å²) in [6.45, 7) is 0. The normalized spacial score (nSPS) is 13.4. The van der Waals surface area contributed by atoms with E-state index in [4.69, 9.17) is 22.1 Å². The highest BCUT2D eigenvalue weighted by Gasteiger charge is 2.40. The third-order valence-electron chi connectivity index (χ3n) is 5.42. The Labute approximate surface area is 188 Å². The summed E-state index contributed by atoms with van der Waals surface area (Å²) in [6.07, 6.45) is -0.179. The van der Waals surface area contributed by atoms with Gasteiger partial charge in [0.1, 0.15) is 0 Å². The molecule has 9 heteroatoms. The fourth-order valence-electron chi connectivity index (χ4n) is 3.38. The van der Waals surface area contributed by atoms with Crippen molar-refractivity contribution in [1.29, 1.82) is 0 Å². The summed E-state index contributed by atoms with van der Waals surface area (Å²) in [5.41, 5.74) is 8.19. The van der Waals surface area contributed by atoms with Gasteiger partial charge in [-0.2, -0.15) is 0 Å². The third-order valence-corrected chi connectivity index (χ3v) is 14.8. The molecule has 0 saturated heterocycles. The van der Waals surface area contributed by atoms with Crippen molar-refractivity contribution in [3.8, 4) is 0 Å². The van der Waals surface area contributed by atoms with Crippen LogP contribution < -0.4 is 10.4 Å². The Kier molecular flexibility index (Phi) is 9.75. The molecule has 0 saturated carbocycles. The van der Waals surface area contributed by atoms with Gasteiger partial charge in [-0.05, 0) is 21.8 Å². The molecule has 168 valence electrons. The topological polar surface area (TPSA) is 66.4 Å². The number of rotatable bonds is 12. The first-order valence-corrected chi connectivity index (χ1v) is 15.9. The smallest absolute Gasteiger partial charge is 0.394 e. The first kappa shape index (κ1) is 25.6. The van der Waals surface area contributed by atoms with Crippen LogP contribution in [0.5, 0.6) is 0 Å². The molecule has 2 rings (SSSR count). The van der Waals surface area contributed by atoms with Gasteiger partial charge in [0.2, 0.25) is 0 Å². The second kappa shape index (κ2) is 11.8. The van der Waals surface area contributed by atoms with Crippen LogP contribution in [-0.2, 0) is 22.1 Å². The van der Waals surface area contributed by atoms with Gasteiger partial charge >= 0.3 is 17.4 Å². The summed E-state index contributed by atoms with van der Waals surface area (Å²) < 4.78 is 28.2. The molecular weight excluding hydrogens is 444 g/mol. The van der Waals surface area contributed by atoms with Crippen LogP contribution in [0.25, 0.3) is 0 Å². The number of benzene rings is 2.